The monoisotopic (exact) mass is 261 g/mol. The summed E-state index contributed by atoms with van der Waals surface area (Å²) >= 11 is 0. The molecular formula is C15H23N3O. The molecule has 1 aliphatic carbocycles. The number of nitrogens with zero attached hydrogens (tertiary/aromatic N) is 3. The van der Waals surface area contributed by atoms with Gasteiger partial charge in [-0.15, -0.1) is 0 Å². The Morgan fingerprint density at radius 2 is 2.11 bits per heavy atom. The van der Waals surface area contributed by atoms with Crippen molar-refractivity contribution in [2.24, 2.45) is 0 Å². The molecule has 0 aromatic carbocycles. The van der Waals surface area contributed by atoms with E-state index in [1.165, 1.54) is 25.7 Å². The lowest BCUT2D eigenvalue weighted by molar-refractivity contribution is -0.0503. The molecule has 4 heteroatoms. The highest BCUT2D eigenvalue weighted by molar-refractivity contribution is 5.41. The van der Waals surface area contributed by atoms with Gasteiger partial charge in [0.1, 0.15) is 11.6 Å². The Morgan fingerprint density at radius 3 is 2.84 bits per heavy atom. The first-order chi connectivity index (χ1) is 9.21. The van der Waals surface area contributed by atoms with Gasteiger partial charge in [0.25, 0.3) is 0 Å². The van der Waals surface area contributed by atoms with Gasteiger partial charge < -0.3 is 9.64 Å². The van der Waals surface area contributed by atoms with Crippen molar-refractivity contribution in [2.75, 3.05) is 24.6 Å². The van der Waals surface area contributed by atoms with Crippen molar-refractivity contribution in [1.29, 1.82) is 0 Å². The van der Waals surface area contributed by atoms with Crippen molar-refractivity contribution in [3.63, 3.8) is 0 Å². The van der Waals surface area contributed by atoms with Crippen molar-refractivity contribution in [2.45, 2.75) is 51.6 Å². The summed E-state index contributed by atoms with van der Waals surface area (Å²) < 4.78 is 6.08. The Hall–Kier alpha value is -1.16. The zero-order valence-electron chi connectivity index (χ0n) is 12.0. The molecule has 1 spiro atoms. The Bertz CT molecular complexity index is 455. The van der Waals surface area contributed by atoms with E-state index in [4.69, 9.17) is 4.74 Å². The van der Waals surface area contributed by atoms with E-state index in [1.54, 1.807) is 0 Å². The SMILES string of the molecule is CCc1cc(N2CCOC3(CCCC3)C2)nc(C)n1. The van der Waals surface area contributed by atoms with Crippen LogP contribution in [0.25, 0.3) is 0 Å². The Labute approximate surface area is 115 Å². The summed E-state index contributed by atoms with van der Waals surface area (Å²) in [6.45, 7) is 6.89. The minimum Gasteiger partial charge on any atom is -0.371 e. The van der Waals surface area contributed by atoms with E-state index in [2.05, 4.69) is 27.9 Å². The van der Waals surface area contributed by atoms with E-state index in [9.17, 15) is 0 Å². The molecule has 2 heterocycles. The average Bonchev–Trinajstić information content (AvgIpc) is 2.86. The van der Waals surface area contributed by atoms with Crippen LogP contribution in [0.2, 0.25) is 0 Å². The van der Waals surface area contributed by atoms with Gasteiger partial charge in [-0.3, -0.25) is 0 Å². The fraction of sp³-hybridized carbons (Fsp3) is 0.733. The molecule has 0 unspecified atom stereocenters. The summed E-state index contributed by atoms with van der Waals surface area (Å²) in [6, 6.07) is 2.14. The molecule has 0 bridgehead atoms. The highest BCUT2D eigenvalue weighted by Crippen LogP contribution is 2.36. The molecule has 3 rings (SSSR count). The van der Waals surface area contributed by atoms with Crippen LogP contribution in [0.1, 0.15) is 44.1 Å². The molecule has 0 atom stereocenters. The summed E-state index contributed by atoms with van der Waals surface area (Å²) in [5.74, 6) is 1.96. The number of rotatable bonds is 2. The van der Waals surface area contributed by atoms with Crippen LogP contribution in [-0.2, 0) is 11.2 Å². The van der Waals surface area contributed by atoms with Crippen molar-refractivity contribution in [3.05, 3.63) is 17.6 Å². The standard InChI is InChI=1S/C15H23N3O/c1-3-13-10-14(17-12(2)16-13)18-8-9-19-15(11-18)6-4-5-7-15/h10H,3-9,11H2,1-2H3. The number of aryl methyl sites for hydroxylation is 2. The van der Waals surface area contributed by atoms with Gasteiger partial charge in [0, 0.05) is 24.8 Å². The van der Waals surface area contributed by atoms with Crippen molar-refractivity contribution < 1.29 is 4.74 Å². The number of hydrogen-bond donors (Lipinski definition) is 0. The highest BCUT2D eigenvalue weighted by Gasteiger charge is 2.39. The number of aromatic nitrogens is 2. The number of morpholine rings is 1. The molecule has 4 nitrogen and oxygen atoms in total. The van der Waals surface area contributed by atoms with E-state index in [-0.39, 0.29) is 5.60 Å². The molecule has 0 radical (unpaired) electrons. The molecule has 2 aliphatic rings. The van der Waals surface area contributed by atoms with Crippen molar-refractivity contribution in [1.82, 2.24) is 9.97 Å². The smallest absolute Gasteiger partial charge is 0.132 e. The predicted octanol–water partition coefficient (Wildman–Crippen LogP) is 2.50. The predicted molar refractivity (Wildman–Crippen MR) is 75.5 cm³/mol. The average molecular weight is 261 g/mol. The summed E-state index contributed by atoms with van der Waals surface area (Å²) in [7, 11) is 0. The van der Waals surface area contributed by atoms with Gasteiger partial charge in [-0.2, -0.15) is 0 Å². The van der Waals surface area contributed by atoms with E-state index in [0.29, 0.717) is 0 Å². The van der Waals surface area contributed by atoms with Crippen LogP contribution >= 0.6 is 0 Å². The fourth-order valence-electron chi connectivity index (χ4n) is 3.32. The topological polar surface area (TPSA) is 38.2 Å². The quantitative estimate of drug-likeness (QED) is 0.820. The molecule has 1 aromatic rings. The van der Waals surface area contributed by atoms with Gasteiger partial charge >= 0.3 is 0 Å². The summed E-state index contributed by atoms with van der Waals surface area (Å²) in [4.78, 5) is 11.5. The molecule has 0 N–H and O–H groups in total. The maximum absolute atomic E-state index is 6.08. The second-order valence-electron chi connectivity index (χ2n) is 5.78. The second kappa shape index (κ2) is 5.08. The maximum Gasteiger partial charge on any atom is 0.132 e. The first kappa shape index (κ1) is 12.9. The lowest BCUT2D eigenvalue weighted by Crippen LogP contribution is -2.50. The molecular weight excluding hydrogens is 238 g/mol. The molecule has 1 saturated heterocycles. The van der Waals surface area contributed by atoms with Gasteiger partial charge in [-0.05, 0) is 26.2 Å². The zero-order chi connectivity index (χ0) is 13.3. The molecule has 1 aromatic heterocycles. The third kappa shape index (κ3) is 2.59. The van der Waals surface area contributed by atoms with Crippen LogP contribution in [0, 0.1) is 6.92 Å². The molecule has 2 fully saturated rings. The van der Waals surface area contributed by atoms with E-state index < -0.39 is 0 Å². The molecule has 1 aliphatic heterocycles. The molecule has 104 valence electrons. The number of hydrogen-bond acceptors (Lipinski definition) is 4. The lowest BCUT2D eigenvalue weighted by atomic mass is 10.00. The van der Waals surface area contributed by atoms with Crippen LogP contribution in [0.4, 0.5) is 5.82 Å². The fourth-order valence-corrected chi connectivity index (χ4v) is 3.32. The third-order valence-corrected chi connectivity index (χ3v) is 4.33. The molecule has 19 heavy (non-hydrogen) atoms. The highest BCUT2D eigenvalue weighted by atomic mass is 16.5. The minimum absolute atomic E-state index is 0.101. The molecule has 1 saturated carbocycles. The Balaban J connectivity index is 1.83. The van der Waals surface area contributed by atoms with Gasteiger partial charge in [0.05, 0.1) is 12.2 Å². The normalized spacial score (nSPS) is 22.1. The Kier molecular flexibility index (Phi) is 3.44. The van der Waals surface area contributed by atoms with Crippen molar-refractivity contribution in [3.8, 4) is 0 Å². The third-order valence-electron chi connectivity index (χ3n) is 4.33. The van der Waals surface area contributed by atoms with Crippen molar-refractivity contribution >= 4 is 5.82 Å². The van der Waals surface area contributed by atoms with Gasteiger partial charge in [-0.1, -0.05) is 19.8 Å². The zero-order valence-corrected chi connectivity index (χ0v) is 12.0. The summed E-state index contributed by atoms with van der Waals surface area (Å²) in [5.41, 5.74) is 1.23. The Morgan fingerprint density at radius 1 is 1.32 bits per heavy atom. The van der Waals surface area contributed by atoms with E-state index in [0.717, 1.165) is 43.5 Å². The van der Waals surface area contributed by atoms with E-state index in [1.807, 2.05) is 6.92 Å². The van der Waals surface area contributed by atoms with Crippen LogP contribution in [0.15, 0.2) is 6.07 Å². The van der Waals surface area contributed by atoms with Crippen LogP contribution in [0.3, 0.4) is 0 Å². The maximum atomic E-state index is 6.08. The second-order valence-corrected chi connectivity index (χ2v) is 5.78. The first-order valence-electron chi connectivity index (χ1n) is 7.44. The van der Waals surface area contributed by atoms with Gasteiger partial charge in [-0.25, -0.2) is 9.97 Å². The largest absolute Gasteiger partial charge is 0.371 e. The van der Waals surface area contributed by atoms with E-state index >= 15 is 0 Å². The summed E-state index contributed by atoms with van der Waals surface area (Å²) in [6.07, 6.45) is 5.97. The van der Waals surface area contributed by atoms with Crippen LogP contribution in [-0.4, -0.2) is 35.3 Å². The van der Waals surface area contributed by atoms with Gasteiger partial charge in [0.15, 0.2) is 0 Å². The summed E-state index contributed by atoms with van der Waals surface area (Å²) in [5, 5.41) is 0. The van der Waals surface area contributed by atoms with Gasteiger partial charge in [0.2, 0.25) is 0 Å². The lowest BCUT2D eigenvalue weighted by Gasteiger charge is -2.41. The first-order valence-corrected chi connectivity index (χ1v) is 7.44. The van der Waals surface area contributed by atoms with Crippen LogP contribution < -0.4 is 4.90 Å². The number of ether oxygens (including phenoxy) is 1. The van der Waals surface area contributed by atoms with Crippen LogP contribution in [0.5, 0.6) is 0 Å². The molecule has 0 amide bonds. The minimum atomic E-state index is 0.101. The number of anilines is 1.